The van der Waals surface area contributed by atoms with Crippen molar-refractivity contribution in [2.45, 2.75) is 25.5 Å². The summed E-state index contributed by atoms with van der Waals surface area (Å²) in [6.07, 6.45) is 7.88. The van der Waals surface area contributed by atoms with E-state index in [0.29, 0.717) is 0 Å². The van der Waals surface area contributed by atoms with Gasteiger partial charge in [-0.25, -0.2) is 4.99 Å². The summed E-state index contributed by atoms with van der Waals surface area (Å²) in [5.41, 5.74) is 1.32. The molecule has 1 aliphatic heterocycles. The molecular weight excluding hydrogens is 150 g/mol. The van der Waals surface area contributed by atoms with E-state index in [2.05, 4.69) is 4.99 Å². The molecular formula is C10H13NO+. The Kier molecular flexibility index (Phi) is 1.48. The second kappa shape index (κ2) is 2.30. The fourth-order valence-electron chi connectivity index (χ4n) is 1.66. The lowest BCUT2D eigenvalue weighted by Crippen LogP contribution is -2.78. The highest BCUT2D eigenvalue weighted by Crippen LogP contribution is 2.25. The first kappa shape index (κ1) is 7.74. The molecule has 2 nitrogen and oxygen atoms in total. The maximum atomic E-state index is 10.1. The van der Waals surface area contributed by atoms with E-state index in [0.717, 1.165) is 11.3 Å². The minimum atomic E-state index is -0.726. The molecule has 0 aromatic carbocycles. The van der Waals surface area contributed by atoms with Gasteiger partial charge in [-0.05, 0) is 6.92 Å². The molecule has 0 aromatic heterocycles. The van der Waals surface area contributed by atoms with Crippen molar-refractivity contribution in [2.24, 2.45) is 0 Å². The van der Waals surface area contributed by atoms with Crippen LogP contribution in [0.2, 0.25) is 0 Å². The number of nitrogens with one attached hydrogen (secondary N) is 1. The van der Waals surface area contributed by atoms with Gasteiger partial charge in [0.15, 0.2) is 11.6 Å². The summed E-state index contributed by atoms with van der Waals surface area (Å²) in [7, 11) is 0. The summed E-state index contributed by atoms with van der Waals surface area (Å²) in [4.78, 5) is 3.24. The zero-order valence-electron chi connectivity index (χ0n) is 7.33. The lowest BCUT2D eigenvalue weighted by atomic mass is 9.87. The predicted octanol–water partition coefficient (Wildman–Crippen LogP) is -0.638. The van der Waals surface area contributed by atoms with Crippen LogP contribution in [0.5, 0.6) is 0 Å². The number of fused-ring (bicyclic) bond motifs is 1. The van der Waals surface area contributed by atoms with E-state index in [1.165, 1.54) is 0 Å². The summed E-state index contributed by atoms with van der Waals surface area (Å²) in [6, 6.07) is 0.0925. The molecule has 0 fully saturated rings. The van der Waals surface area contributed by atoms with Gasteiger partial charge < -0.3 is 5.11 Å². The van der Waals surface area contributed by atoms with Gasteiger partial charge in [0, 0.05) is 19.4 Å². The Bertz CT molecular complexity index is 297. The Morgan fingerprint density at radius 1 is 1.58 bits per heavy atom. The summed E-state index contributed by atoms with van der Waals surface area (Å²) in [5.74, 6) is 0. The van der Waals surface area contributed by atoms with Gasteiger partial charge in [0.25, 0.3) is 0 Å². The highest BCUT2D eigenvalue weighted by atomic mass is 16.3. The van der Waals surface area contributed by atoms with E-state index < -0.39 is 5.60 Å². The Labute approximate surface area is 72.3 Å². The van der Waals surface area contributed by atoms with Gasteiger partial charge in [-0.2, -0.15) is 0 Å². The average molecular weight is 163 g/mol. The number of hydrogen-bond acceptors (Lipinski definition) is 1. The summed E-state index contributed by atoms with van der Waals surface area (Å²) < 4.78 is 0. The molecule has 2 aliphatic rings. The topological polar surface area (TPSA) is 34.2 Å². The van der Waals surface area contributed by atoms with Gasteiger partial charge in [0.1, 0.15) is 0 Å². The second-order valence-electron chi connectivity index (χ2n) is 3.56. The van der Waals surface area contributed by atoms with Crippen molar-refractivity contribution in [3.8, 4) is 0 Å². The van der Waals surface area contributed by atoms with Gasteiger partial charge in [0.05, 0.1) is 5.57 Å². The van der Waals surface area contributed by atoms with Crippen LogP contribution >= 0.6 is 0 Å². The third-order valence-electron chi connectivity index (χ3n) is 2.69. The molecule has 63 valence electrons. The number of allylic oxidation sites excluding steroid dienone is 3. The zero-order chi connectivity index (χ0) is 8.77. The molecule has 2 N–H and O–H groups in total. The van der Waals surface area contributed by atoms with E-state index in [-0.39, 0.29) is 6.04 Å². The third kappa shape index (κ3) is 0.879. The quantitative estimate of drug-likeness (QED) is 0.489. The Morgan fingerprint density at radius 2 is 2.33 bits per heavy atom. The molecule has 0 unspecified atom stereocenters. The number of aliphatic hydroxyl groups is 1. The van der Waals surface area contributed by atoms with Crippen LogP contribution in [0.4, 0.5) is 0 Å². The monoisotopic (exact) mass is 163 g/mol. The molecule has 1 heterocycles. The average Bonchev–Trinajstić information content (AvgIpc) is 2.25. The van der Waals surface area contributed by atoms with E-state index >= 15 is 0 Å². The van der Waals surface area contributed by atoms with Crippen LogP contribution in [0.3, 0.4) is 0 Å². The van der Waals surface area contributed by atoms with Crippen LogP contribution in [0.15, 0.2) is 23.8 Å². The van der Waals surface area contributed by atoms with Gasteiger partial charge in [-0.1, -0.05) is 12.2 Å². The lowest BCUT2D eigenvalue weighted by molar-refractivity contribution is -0.506. The second-order valence-corrected chi connectivity index (χ2v) is 3.56. The van der Waals surface area contributed by atoms with Crippen LogP contribution in [-0.2, 0) is 0 Å². The summed E-state index contributed by atoms with van der Waals surface area (Å²) in [6.45, 7) is 3.83. The Balaban J connectivity index is 2.45. The molecule has 0 saturated carbocycles. The summed E-state index contributed by atoms with van der Waals surface area (Å²) in [5, 5.41) is 10.1. The SMILES string of the molecule is C[C@@H]1[NH+]=C2C=C[CH]C=C2[C@@]1(C)O. The van der Waals surface area contributed by atoms with Gasteiger partial charge in [0.2, 0.25) is 5.71 Å². The van der Waals surface area contributed by atoms with Gasteiger partial charge >= 0.3 is 0 Å². The van der Waals surface area contributed by atoms with Crippen molar-refractivity contribution in [3.05, 3.63) is 30.2 Å². The highest BCUT2D eigenvalue weighted by Gasteiger charge is 2.46. The standard InChI is InChI=1S/C10H12NO/c1-7-10(2,12)8-5-3-4-6-9(8)11-7/h3-7,12H,1-2H3/p+1/t7-,10-/m0/s1. The molecule has 1 radical (unpaired) electrons. The van der Waals surface area contributed by atoms with Crippen molar-refractivity contribution in [2.75, 3.05) is 0 Å². The number of hydrogen-bond donors (Lipinski definition) is 2. The molecule has 0 saturated heterocycles. The molecule has 1 aliphatic carbocycles. The van der Waals surface area contributed by atoms with E-state index in [1.54, 1.807) is 0 Å². The van der Waals surface area contributed by atoms with Crippen molar-refractivity contribution in [1.82, 2.24) is 0 Å². The summed E-state index contributed by atoms with van der Waals surface area (Å²) >= 11 is 0. The number of rotatable bonds is 0. The van der Waals surface area contributed by atoms with Crippen LogP contribution in [0.1, 0.15) is 13.8 Å². The van der Waals surface area contributed by atoms with Crippen molar-refractivity contribution < 1.29 is 10.1 Å². The Hall–Kier alpha value is -0.890. The minimum absolute atomic E-state index is 0.0925. The third-order valence-corrected chi connectivity index (χ3v) is 2.69. The fraction of sp³-hybridized carbons (Fsp3) is 0.400. The van der Waals surface area contributed by atoms with Crippen LogP contribution in [0.25, 0.3) is 0 Å². The molecule has 0 bridgehead atoms. The molecule has 2 rings (SSSR count). The predicted molar refractivity (Wildman–Crippen MR) is 47.6 cm³/mol. The Morgan fingerprint density at radius 3 is 3.00 bits per heavy atom. The lowest BCUT2D eigenvalue weighted by Gasteiger charge is -2.19. The van der Waals surface area contributed by atoms with E-state index in [9.17, 15) is 5.11 Å². The smallest absolute Gasteiger partial charge is 0.204 e. The zero-order valence-corrected chi connectivity index (χ0v) is 7.33. The highest BCUT2D eigenvalue weighted by molar-refractivity contribution is 6.08. The first-order valence-electron chi connectivity index (χ1n) is 4.21. The van der Waals surface area contributed by atoms with E-state index in [4.69, 9.17) is 0 Å². The molecule has 12 heavy (non-hydrogen) atoms. The molecule has 2 heteroatoms. The first-order valence-corrected chi connectivity index (χ1v) is 4.21. The van der Waals surface area contributed by atoms with Gasteiger partial charge in [-0.3, -0.25) is 0 Å². The first-order chi connectivity index (χ1) is 5.62. The largest absolute Gasteiger partial charge is 0.378 e. The fourth-order valence-corrected chi connectivity index (χ4v) is 1.66. The van der Waals surface area contributed by atoms with Crippen molar-refractivity contribution >= 4 is 5.71 Å². The van der Waals surface area contributed by atoms with Crippen LogP contribution in [0, 0.1) is 6.42 Å². The van der Waals surface area contributed by atoms with Crippen LogP contribution < -0.4 is 4.99 Å². The van der Waals surface area contributed by atoms with Crippen molar-refractivity contribution in [3.63, 3.8) is 0 Å². The molecule has 0 spiro atoms. The normalized spacial score (nSPS) is 39.1. The molecule has 0 amide bonds. The molecule has 0 aromatic rings. The van der Waals surface area contributed by atoms with E-state index in [1.807, 2.05) is 38.5 Å². The maximum Gasteiger partial charge on any atom is 0.204 e. The minimum Gasteiger partial charge on any atom is -0.378 e. The van der Waals surface area contributed by atoms with Crippen LogP contribution in [-0.4, -0.2) is 22.5 Å². The van der Waals surface area contributed by atoms with Gasteiger partial charge in [-0.15, -0.1) is 0 Å². The van der Waals surface area contributed by atoms with Crippen molar-refractivity contribution in [1.29, 1.82) is 0 Å². The molecule has 2 atom stereocenters. The maximum absolute atomic E-state index is 10.1.